The Labute approximate surface area is 190 Å². The van der Waals surface area contributed by atoms with Gasteiger partial charge in [0.25, 0.3) is 0 Å². The maximum atomic E-state index is 5.77. The fraction of sp³-hybridized carbons (Fsp3) is 0.667. The largest absolute Gasteiger partial charge is 0.490 e. The van der Waals surface area contributed by atoms with Crippen LogP contribution in [0.25, 0.3) is 0 Å². The summed E-state index contributed by atoms with van der Waals surface area (Å²) in [7, 11) is 0. The molecule has 1 aromatic carbocycles. The summed E-state index contributed by atoms with van der Waals surface area (Å²) >= 11 is 0. The average Bonchev–Trinajstić information content (AvgIpc) is 3.54. The molecule has 2 aliphatic rings. The van der Waals surface area contributed by atoms with Crippen LogP contribution in [0.1, 0.15) is 32.6 Å². The molecule has 29 heavy (non-hydrogen) atoms. The van der Waals surface area contributed by atoms with E-state index < -0.39 is 0 Å². The Morgan fingerprint density at radius 2 is 1.97 bits per heavy atom. The molecule has 164 valence electrons. The minimum atomic E-state index is 0. The van der Waals surface area contributed by atoms with Crippen molar-refractivity contribution in [2.45, 2.75) is 32.6 Å². The van der Waals surface area contributed by atoms with Crippen molar-refractivity contribution in [2.75, 3.05) is 58.0 Å². The summed E-state index contributed by atoms with van der Waals surface area (Å²) in [5.74, 6) is 3.10. The number of anilines is 1. The lowest BCUT2D eigenvalue weighted by atomic mass is 10.3. The summed E-state index contributed by atoms with van der Waals surface area (Å²) in [5.41, 5.74) is 0.914. The van der Waals surface area contributed by atoms with E-state index in [4.69, 9.17) is 18.9 Å². The number of hydrogen-bond acceptors (Lipinski definition) is 5. The summed E-state index contributed by atoms with van der Waals surface area (Å²) in [6.07, 6.45) is 4.45. The average molecular weight is 519 g/mol. The second kappa shape index (κ2) is 13.9. The van der Waals surface area contributed by atoms with Crippen molar-refractivity contribution in [1.82, 2.24) is 5.32 Å². The molecule has 0 bridgehead atoms. The number of aliphatic imine (C=N–C) groups is 1. The Balaban J connectivity index is 0.00000300. The van der Waals surface area contributed by atoms with E-state index in [9.17, 15) is 0 Å². The molecule has 0 radical (unpaired) electrons. The van der Waals surface area contributed by atoms with Crippen LogP contribution in [-0.2, 0) is 9.47 Å². The predicted molar refractivity (Wildman–Crippen MR) is 126 cm³/mol. The summed E-state index contributed by atoms with van der Waals surface area (Å²) in [4.78, 5) is 4.67. The summed E-state index contributed by atoms with van der Waals surface area (Å²) in [6, 6.07) is 5.87. The lowest BCUT2D eigenvalue weighted by molar-refractivity contribution is 0.123. The maximum absolute atomic E-state index is 5.77. The van der Waals surface area contributed by atoms with Crippen molar-refractivity contribution in [3.63, 3.8) is 0 Å². The maximum Gasteiger partial charge on any atom is 0.195 e. The highest BCUT2D eigenvalue weighted by molar-refractivity contribution is 14.0. The van der Waals surface area contributed by atoms with Crippen molar-refractivity contribution >= 4 is 35.6 Å². The normalized spacial score (nSPS) is 16.0. The van der Waals surface area contributed by atoms with Gasteiger partial charge < -0.3 is 29.6 Å². The number of fused-ring (bicyclic) bond motifs is 1. The summed E-state index contributed by atoms with van der Waals surface area (Å²) < 4.78 is 22.6. The molecule has 1 aliphatic carbocycles. The van der Waals surface area contributed by atoms with Crippen molar-refractivity contribution in [3.8, 4) is 11.5 Å². The van der Waals surface area contributed by atoms with Crippen LogP contribution < -0.4 is 20.1 Å². The first-order valence-corrected chi connectivity index (χ1v) is 10.5. The second-order valence-corrected chi connectivity index (χ2v) is 7.06. The molecule has 1 aromatic rings. The Morgan fingerprint density at radius 3 is 2.76 bits per heavy atom. The van der Waals surface area contributed by atoms with Crippen molar-refractivity contribution in [1.29, 1.82) is 0 Å². The van der Waals surface area contributed by atoms with Gasteiger partial charge in [-0.05, 0) is 44.2 Å². The Hall–Kier alpha value is -1.26. The molecular formula is C21H34IN3O4. The first-order chi connectivity index (χ1) is 13.8. The molecule has 3 rings (SSSR count). The van der Waals surface area contributed by atoms with Gasteiger partial charge >= 0.3 is 0 Å². The van der Waals surface area contributed by atoms with Crippen LogP contribution >= 0.6 is 24.0 Å². The van der Waals surface area contributed by atoms with Gasteiger partial charge in [-0.2, -0.15) is 0 Å². The zero-order chi connectivity index (χ0) is 19.4. The first kappa shape index (κ1) is 24.0. The van der Waals surface area contributed by atoms with Gasteiger partial charge in [-0.15, -0.1) is 24.0 Å². The van der Waals surface area contributed by atoms with Gasteiger partial charge in [-0.1, -0.05) is 0 Å². The quantitative estimate of drug-likeness (QED) is 0.201. The SMILES string of the molecule is CCOCCNC(=NCCCOCC1CC1)Nc1ccc2c(c1)OCCCO2.I. The van der Waals surface area contributed by atoms with Gasteiger partial charge in [0.05, 0.1) is 19.8 Å². The van der Waals surface area contributed by atoms with E-state index in [2.05, 4.69) is 15.6 Å². The number of rotatable bonds is 11. The smallest absolute Gasteiger partial charge is 0.195 e. The number of hydrogen-bond donors (Lipinski definition) is 2. The van der Waals surface area contributed by atoms with Crippen molar-refractivity contribution in [2.24, 2.45) is 10.9 Å². The van der Waals surface area contributed by atoms with Crippen LogP contribution in [0.2, 0.25) is 0 Å². The number of nitrogens with one attached hydrogen (secondary N) is 2. The molecule has 1 saturated carbocycles. The zero-order valence-electron chi connectivity index (χ0n) is 17.3. The van der Waals surface area contributed by atoms with Crippen LogP contribution in [0, 0.1) is 5.92 Å². The Morgan fingerprint density at radius 1 is 1.14 bits per heavy atom. The number of ether oxygens (including phenoxy) is 4. The molecule has 1 fully saturated rings. The molecule has 1 heterocycles. The molecule has 2 N–H and O–H groups in total. The molecule has 0 amide bonds. The van der Waals surface area contributed by atoms with E-state index in [1.807, 2.05) is 25.1 Å². The topological polar surface area (TPSA) is 73.3 Å². The second-order valence-electron chi connectivity index (χ2n) is 7.06. The molecule has 8 heteroatoms. The minimum Gasteiger partial charge on any atom is -0.490 e. The van der Waals surface area contributed by atoms with E-state index >= 15 is 0 Å². The summed E-state index contributed by atoms with van der Waals surface area (Å²) in [6.45, 7) is 7.77. The summed E-state index contributed by atoms with van der Waals surface area (Å²) in [5, 5.41) is 6.67. The van der Waals surface area contributed by atoms with Gasteiger partial charge in [0.15, 0.2) is 17.5 Å². The Kier molecular flexibility index (Phi) is 11.5. The minimum absolute atomic E-state index is 0. The van der Waals surface area contributed by atoms with Gasteiger partial charge in [0.1, 0.15) is 0 Å². The van der Waals surface area contributed by atoms with Gasteiger partial charge in [-0.3, -0.25) is 4.99 Å². The van der Waals surface area contributed by atoms with Crippen LogP contribution in [0.15, 0.2) is 23.2 Å². The fourth-order valence-corrected chi connectivity index (χ4v) is 2.80. The van der Waals surface area contributed by atoms with E-state index in [0.29, 0.717) is 39.5 Å². The molecule has 0 spiro atoms. The molecule has 0 unspecified atom stereocenters. The predicted octanol–water partition coefficient (Wildman–Crippen LogP) is 3.68. The first-order valence-electron chi connectivity index (χ1n) is 10.5. The molecule has 1 aliphatic heterocycles. The monoisotopic (exact) mass is 519 g/mol. The van der Waals surface area contributed by atoms with E-state index in [0.717, 1.165) is 55.1 Å². The highest BCUT2D eigenvalue weighted by Gasteiger charge is 2.20. The van der Waals surface area contributed by atoms with E-state index in [-0.39, 0.29) is 24.0 Å². The van der Waals surface area contributed by atoms with E-state index in [1.54, 1.807) is 0 Å². The van der Waals surface area contributed by atoms with Crippen LogP contribution in [0.3, 0.4) is 0 Å². The van der Waals surface area contributed by atoms with Gasteiger partial charge in [0, 0.05) is 51.1 Å². The van der Waals surface area contributed by atoms with Gasteiger partial charge in [0.2, 0.25) is 0 Å². The third-order valence-corrected chi connectivity index (χ3v) is 4.52. The van der Waals surface area contributed by atoms with Gasteiger partial charge in [-0.25, -0.2) is 0 Å². The Bertz CT molecular complexity index is 626. The molecule has 0 atom stereocenters. The highest BCUT2D eigenvalue weighted by atomic mass is 127. The van der Waals surface area contributed by atoms with Crippen LogP contribution in [0.4, 0.5) is 5.69 Å². The lowest BCUT2D eigenvalue weighted by Gasteiger charge is -2.14. The van der Waals surface area contributed by atoms with Crippen molar-refractivity contribution < 1.29 is 18.9 Å². The molecule has 0 saturated heterocycles. The highest BCUT2D eigenvalue weighted by Crippen LogP contribution is 2.32. The zero-order valence-corrected chi connectivity index (χ0v) is 19.6. The number of guanidine groups is 1. The van der Waals surface area contributed by atoms with Crippen LogP contribution in [-0.4, -0.2) is 58.7 Å². The van der Waals surface area contributed by atoms with E-state index in [1.165, 1.54) is 12.8 Å². The van der Waals surface area contributed by atoms with Crippen molar-refractivity contribution in [3.05, 3.63) is 18.2 Å². The lowest BCUT2D eigenvalue weighted by Crippen LogP contribution is -2.33. The molecule has 7 nitrogen and oxygen atoms in total. The number of halogens is 1. The molecular weight excluding hydrogens is 485 g/mol. The third-order valence-electron chi connectivity index (χ3n) is 4.52. The standard InChI is InChI=1S/C21H33N3O4.HI/c1-2-25-14-10-23-21(22-9-3-11-26-16-17-5-6-17)24-18-7-8-19-20(15-18)28-13-4-12-27-19;/h7-8,15,17H,2-6,9-14,16H2,1H3,(H2,22,23,24);1H. The molecule has 0 aromatic heterocycles. The number of nitrogens with zero attached hydrogens (tertiary/aromatic N) is 1. The van der Waals surface area contributed by atoms with Crippen LogP contribution in [0.5, 0.6) is 11.5 Å². The fourth-order valence-electron chi connectivity index (χ4n) is 2.80. The third kappa shape index (κ3) is 9.39. The number of benzene rings is 1.